The largest absolute Gasteiger partial charge is 0.261 e. The summed E-state index contributed by atoms with van der Waals surface area (Å²) in [4.78, 5) is 8.33. The van der Waals surface area contributed by atoms with Crippen LogP contribution in [0, 0.1) is 11.3 Å². The molecule has 0 aromatic carbocycles. The minimum Gasteiger partial charge on any atom is -0.261 e. The molecule has 0 N–H and O–H groups in total. The molecule has 1 rings (SSSR count). The Morgan fingerprint density at radius 3 is 2.46 bits per heavy atom. The molecule has 0 aliphatic rings. The summed E-state index contributed by atoms with van der Waals surface area (Å²) in [6, 6.07) is 0. The van der Waals surface area contributed by atoms with Crippen molar-refractivity contribution in [2.24, 2.45) is 11.3 Å². The van der Waals surface area contributed by atoms with Crippen molar-refractivity contribution in [2.45, 2.75) is 34.1 Å². The summed E-state index contributed by atoms with van der Waals surface area (Å²) in [5.74, 6) is 0.629. The second kappa shape index (κ2) is 3.86. The molecule has 0 fully saturated rings. The van der Waals surface area contributed by atoms with Gasteiger partial charge in [-0.25, -0.2) is 0 Å². The van der Waals surface area contributed by atoms with Gasteiger partial charge >= 0.3 is 0 Å². The quantitative estimate of drug-likeness (QED) is 0.696. The molecule has 0 spiro atoms. The van der Waals surface area contributed by atoms with Crippen molar-refractivity contribution >= 4 is 0 Å². The first-order valence-electron chi connectivity index (χ1n) is 4.75. The van der Waals surface area contributed by atoms with Crippen LogP contribution in [0.2, 0.25) is 0 Å². The van der Waals surface area contributed by atoms with Crippen LogP contribution < -0.4 is 0 Å². The van der Waals surface area contributed by atoms with Gasteiger partial charge < -0.3 is 0 Å². The Labute approximate surface area is 80.4 Å². The van der Waals surface area contributed by atoms with Crippen LogP contribution in [-0.4, -0.2) is 9.97 Å². The van der Waals surface area contributed by atoms with Crippen molar-refractivity contribution < 1.29 is 0 Å². The lowest BCUT2D eigenvalue weighted by Crippen LogP contribution is -2.19. The molecule has 2 nitrogen and oxygen atoms in total. The predicted molar refractivity (Wildman–Crippen MR) is 54.4 cm³/mol. The highest BCUT2D eigenvalue weighted by Gasteiger charge is 2.20. The summed E-state index contributed by atoms with van der Waals surface area (Å²) in [6.07, 6.45) is 6.33. The molecule has 1 aromatic rings. The minimum atomic E-state index is 0.345. The second-order valence-corrected chi connectivity index (χ2v) is 4.67. The van der Waals surface area contributed by atoms with Gasteiger partial charge in [-0.2, -0.15) is 0 Å². The molecule has 13 heavy (non-hydrogen) atoms. The van der Waals surface area contributed by atoms with Gasteiger partial charge in [0, 0.05) is 18.6 Å². The van der Waals surface area contributed by atoms with Gasteiger partial charge in [0.1, 0.15) is 0 Å². The summed E-state index contributed by atoms with van der Waals surface area (Å²) in [5, 5.41) is 0. The zero-order valence-electron chi connectivity index (χ0n) is 8.91. The maximum Gasteiger partial charge on any atom is 0.0589 e. The SMILES string of the molecule is CC(Cc1cnccn1)C(C)(C)C. The average Bonchev–Trinajstić information content (AvgIpc) is 2.04. The first kappa shape index (κ1) is 10.2. The van der Waals surface area contributed by atoms with Crippen molar-refractivity contribution in [3.8, 4) is 0 Å². The maximum absolute atomic E-state index is 4.27. The van der Waals surface area contributed by atoms with Crippen LogP contribution in [0.15, 0.2) is 18.6 Å². The number of rotatable bonds is 2. The van der Waals surface area contributed by atoms with E-state index in [1.54, 1.807) is 12.4 Å². The van der Waals surface area contributed by atoms with E-state index in [4.69, 9.17) is 0 Å². The first-order chi connectivity index (χ1) is 6.00. The lowest BCUT2D eigenvalue weighted by molar-refractivity contribution is 0.258. The molecular weight excluding hydrogens is 160 g/mol. The lowest BCUT2D eigenvalue weighted by atomic mass is 9.79. The summed E-state index contributed by atoms with van der Waals surface area (Å²) in [5.41, 5.74) is 1.43. The van der Waals surface area contributed by atoms with E-state index in [0.29, 0.717) is 11.3 Å². The van der Waals surface area contributed by atoms with Gasteiger partial charge in [0.15, 0.2) is 0 Å². The fourth-order valence-corrected chi connectivity index (χ4v) is 1.06. The Hall–Kier alpha value is -0.920. The Kier molecular flexibility index (Phi) is 3.02. The van der Waals surface area contributed by atoms with Gasteiger partial charge in [-0.05, 0) is 17.8 Å². The van der Waals surface area contributed by atoms with Gasteiger partial charge in [-0.1, -0.05) is 27.7 Å². The molecule has 0 aliphatic carbocycles. The van der Waals surface area contributed by atoms with E-state index in [-0.39, 0.29) is 0 Å². The van der Waals surface area contributed by atoms with Gasteiger partial charge in [0.25, 0.3) is 0 Å². The normalized spacial score (nSPS) is 14.2. The fourth-order valence-electron chi connectivity index (χ4n) is 1.06. The molecule has 0 amide bonds. The number of nitrogens with zero attached hydrogens (tertiary/aromatic N) is 2. The summed E-state index contributed by atoms with van der Waals surface area (Å²) < 4.78 is 0. The van der Waals surface area contributed by atoms with Crippen LogP contribution in [0.3, 0.4) is 0 Å². The Morgan fingerprint density at radius 2 is 2.00 bits per heavy atom. The fraction of sp³-hybridized carbons (Fsp3) is 0.636. The van der Waals surface area contributed by atoms with E-state index in [1.807, 2.05) is 6.20 Å². The van der Waals surface area contributed by atoms with Crippen molar-refractivity contribution in [1.29, 1.82) is 0 Å². The number of aromatic nitrogens is 2. The van der Waals surface area contributed by atoms with Crippen molar-refractivity contribution in [3.05, 3.63) is 24.3 Å². The molecular formula is C11H18N2. The van der Waals surface area contributed by atoms with Crippen LogP contribution in [0.25, 0.3) is 0 Å². The average molecular weight is 178 g/mol. The summed E-state index contributed by atoms with van der Waals surface area (Å²) in [6.45, 7) is 9.03. The van der Waals surface area contributed by atoms with Crippen molar-refractivity contribution in [2.75, 3.05) is 0 Å². The molecule has 72 valence electrons. The molecule has 0 aliphatic heterocycles. The molecule has 1 unspecified atom stereocenters. The predicted octanol–water partition coefficient (Wildman–Crippen LogP) is 2.70. The maximum atomic E-state index is 4.27. The zero-order valence-corrected chi connectivity index (χ0v) is 8.91. The molecule has 1 heterocycles. The third-order valence-corrected chi connectivity index (χ3v) is 2.61. The van der Waals surface area contributed by atoms with Gasteiger partial charge in [0.2, 0.25) is 0 Å². The smallest absolute Gasteiger partial charge is 0.0589 e. The van der Waals surface area contributed by atoms with E-state index >= 15 is 0 Å². The molecule has 0 saturated carbocycles. The van der Waals surface area contributed by atoms with Crippen LogP contribution in [0.5, 0.6) is 0 Å². The Balaban J connectivity index is 2.61. The third-order valence-electron chi connectivity index (χ3n) is 2.61. The Bertz CT molecular complexity index is 249. The van der Waals surface area contributed by atoms with Crippen molar-refractivity contribution in [3.63, 3.8) is 0 Å². The summed E-state index contributed by atoms with van der Waals surface area (Å²) >= 11 is 0. The summed E-state index contributed by atoms with van der Waals surface area (Å²) in [7, 11) is 0. The number of hydrogen-bond acceptors (Lipinski definition) is 2. The Morgan fingerprint density at radius 1 is 1.31 bits per heavy atom. The van der Waals surface area contributed by atoms with Crippen molar-refractivity contribution in [1.82, 2.24) is 9.97 Å². The van der Waals surface area contributed by atoms with E-state index in [9.17, 15) is 0 Å². The monoisotopic (exact) mass is 178 g/mol. The standard InChI is InChI=1S/C11H18N2/c1-9(11(2,3)4)7-10-8-12-5-6-13-10/h5-6,8-9H,7H2,1-4H3. The second-order valence-electron chi connectivity index (χ2n) is 4.67. The minimum absolute atomic E-state index is 0.345. The van der Waals surface area contributed by atoms with E-state index < -0.39 is 0 Å². The number of hydrogen-bond donors (Lipinski definition) is 0. The molecule has 1 aromatic heterocycles. The van der Waals surface area contributed by atoms with Crippen LogP contribution >= 0.6 is 0 Å². The molecule has 0 saturated heterocycles. The van der Waals surface area contributed by atoms with Crippen LogP contribution in [0.4, 0.5) is 0 Å². The highest BCUT2D eigenvalue weighted by atomic mass is 14.8. The molecule has 0 bridgehead atoms. The highest BCUT2D eigenvalue weighted by Crippen LogP contribution is 2.27. The highest BCUT2D eigenvalue weighted by molar-refractivity contribution is 4.97. The molecule has 0 radical (unpaired) electrons. The van der Waals surface area contributed by atoms with Crippen LogP contribution in [0.1, 0.15) is 33.4 Å². The van der Waals surface area contributed by atoms with Gasteiger partial charge in [-0.3, -0.25) is 9.97 Å². The van der Waals surface area contributed by atoms with Gasteiger partial charge in [-0.15, -0.1) is 0 Å². The van der Waals surface area contributed by atoms with Gasteiger partial charge in [0.05, 0.1) is 5.69 Å². The van der Waals surface area contributed by atoms with E-state index in [1.165, 1.54) is 0 Å². The zero-order chi connectivity index (χ0) is 9.90. The lowest BCUT2D eigenvalue weighted by Gasteiger charge is -2.26. The third kappa shape index (κ3) is 3.13. The molecule has 2 heteroatoms. The first-order valence-corrected chi connectivity index (χ1v) is 4.75. The van der Waals surface area contributed by atoms with Crippen LogP contribution in [-0.2, 0) is 6.42 Å². The molecule has 1 atom stereocenters. The topological polar surface area (TPSA) is 25.8 Å². The van der Waals surface area contributed by atoms with E-state index in [2.05, 4.69) is 37.7 Å². The van der Waals surface area contributed by atoms with E-state index in [0.717, 1.165) is 12.1 Å².